The summed E-state index contributed by atoms with van der Waals surface area (Å²) in [6.07, 6.45) is 1.17. The van der Waals surface area contributed by atoms with Crippen LogP contribution in [-0.4, -0.2) is 24.5 Å². The van der Waals surface area contributed by atoms with Crippen molar-refractivity contribution in [1.29, 1.82) is 0 Å². The van der Waals surface area contributed by atoms with Gasteiger partial charge in [-0.3, -0.25) is 4.79 Å². The molecule has 0 aromatic carbocycles. The van der Waals surface area contributed by atoms with Gasteiger partial charge in [-0.05, 0) is 13.3 Å². The molecule has 0 aliphatic heterocycles. The molecule has 0 heterocycles. The van der Waals surface area contributed by atoms with Gasteiger partial charge in [-0.15, -0.1) is 0 Å². The predicted molar refractivity (Wildman–Crippen MR) is 50.1 cm³/mol. The zero-order chi connectivity index (χ0) is 10.3. The van der Waals surface area contributed by atoms with Crippen molar-refractivity contribution < 1.29 is 9.59 Å². The molecule has 0 aromatic heterocycles. The molecule has 13 heavy (non-hydrogen) atoms. The number of hydrogen-bond donors (Lipinski definition) is 3. The van der Waals surface area contributed by atoms with Gasteiger partial charge in [0.2, 0.25) is 5.91 Å². The lowest BCUT2D eigenvalue weighted by molar-refractivity contribution is -0.121. The minimum Gasteiger partial charge on any atom is -0.354 e. The summed E-state index contributed by atoms with van der Waals surface area (Å²) in [5, 5.41) is 5.12. The molecule has 3 amide bonds. The smallest absolute Gasteiger partial charge is 0.312 e. The quantitative estimate of drug-likeness (QED) is 0.564. The predicted octanol–water partition coefficient (Wildman–Crippen LogP) is -0.0405. The zero-order valence-corrected chi connectivity index (χ0v) is 8.09. The van der Waals surface area contributed by atoms with E-state index in [0.29, 0.717) is 0 Å². The van der Waals surface area contributed by atoms with Crippen molar-refractivity contribution in [2.24, 2.45) is 5.73 Å². The van der Waals surface area contributed by atoms with Crippen LogP contribution in [0.4, 0.5) is 4.79 Å². The topological polar surface area (TPSA) is 84.2 Å². The highest BCUT2D eigenvalue weighted by atomic mass is 16.2. The lowest BCUT2D eigenvalue weighted by Crippen LogP contribution is -2.36. The highest BCUT2D eigenvalue weighted by Gasteiger charge is 2.04. The van der Waals surface area contributed by atoms with Gasteiger partial charge in [0.1, 0.15) is 0 Å². The summed E-state index contributed by atoms with van der Waals surface area (Å²) in [5.41, 5.74) is 4.82. The monoisotopic (exact) mass is 187 g/mol. The molecule has 0 aliphatic carbocycles. The molecule has 0 aliphatic rings. The van der Waals surface area contributed by atoms with E-state index in [0.717, 1.165) is 6.42 Å². The molecule has 1 atom stereocenters. The van der Waals surface area contributed by atoms with Gasteiger partial charge in [0.25, 0.3) is 0 Å². The molecule has 0 fully saturated rings. The molecular weight excluding hydrogens is 170 g/mol. The minimum absolute atomic E-state index is 0.0666. The summed E-state index contributed by atoms with van der Waals surface area (Å²) in [4.78, 5) is 21.3. The Hall–Kier alpha value is -1.26. The fourth-order valence-corrected chi connectivity index (χ4v) is 0.748. The van der Waals surface area contributed by atoms with Crippen molar-refractivity contribution in [2.45, 2.75) is 32.7 Å². The van der Waals surface area contributed by atoms with Gasteiger partial charge in [0, 0.05) is 19.0 Å². The molecule has 0 bridgehead atoms. The van der Waals surface area contributed by atoms with Crippen LogP contribution in [0.5, 0.6) is 0 Å². The number of nitrogens with two attached hydrogens (primary N) is 1. The summed E-state index contributed by atoms with van der Waals surface area (Å²) in [5.74, 6) is -0.0666. The zero-order valence-electron chi connectivity index (χ0n) is 8.09. The van der Waals surface area contributed by atoms with Crippen LogP contribution in [0.3, 0.4) is 0 Å². The van der Waals surface area contributed by atoms with Crippen LogP contribution in [0.15, 0.2) is 0 Å². The Kier molecular flexibility index (Phi) is 5.67. The van der Waals surface area contributed by atoms with E-state index in [1.165, 1.54) is 0 Å². The Morgan fingerprint density at radius 3 is 2.54 bits per heavy atom. The van der Waals surface area contributed by atoms with Crippen LogP contribution in [0.2, 0.25) is 0 Å². The van der Waals surface area contributed by atoms with E-state index >= 15 is 0 Å². The summed E-state index contributed by atoms with van der Waals surface area (Å²) in [6.45, 7) is 4.21. The first kappa shape index (κ1) is 11.7. The average molecular weight is 187 g/mol. The molecule has 0 rings (SSSR count). The third-order valence-corrected chi connectivity index (χ3v) is 1.67. The normalized spacial score (nSPS) is 11.8. The number of rotatable bonds is 5. The molecule has 5 nitrogen and oxygen atoms in total. The molecule has 0 aromatic rings. The second kappa shape index (κ2) is 6.28. The number of hydrogen-bond acceptors (Lipinski definition) is 2. The first-order valence-corrected chi connectivity index (χ1v) is 4.39. The fourth-order valence-electron chi connectivity index (χ4n) is 0.748. The van der Waals surface area contributed by atoms with E-state index in [4.69, 9.17) is 5.73 Å². The lowest BCUT2D eigenvalue weighted by Gasteiger charge is -2.10. The van der Waals surface area contributed by atoms with Gasteiger partial charge in [-0.2, -0.15) is 0 Å². The van der Waals surface area contributed by atoms with Crippen LogP contribution >= 0.6 is 0 Å². The summed E-state index contributed by atoms with van der Waals surface area (Å²) in [6, 6.07) is -0.419. The maximum Gasteiger partial charge on any atom is 0.312 e. The van der Waals surface area contributed by atoms with E-state index in [2.05, 4.69) is 10.6 Å². The number of nitrogens with one attached hydrogen (secondary N) is 2. The van der Waals surface area contributed by atoms with E-state index in [-0.39, 0.29) is 24.9 Å². The van der Waals surface area contributed by atoms with Gasteiger partial charge in [0.05, 0.1) is 0 Å². The van der Waals surface area contributed by atoms with Crippen molar-refractivity contribution in [2.75, 3.05) is 6.54 Å². The molecule has 1 unspecified atom stereocenters. The van der Waals surface area contributed by atoms with Crippen LogP contribution in [-0.2, 0) is 4.79 Å². The molecule has 5 heteroatoms. The number of carbonyl (C=O) groups excluding carboxylic acids is 2. The molecule has 4 N–H and O–H groups in total. The van der Waals surface area contributed by atoms with Crippen LogP contribution < -0.4 is 16.4 Å². The number of primary amides is 1. The first-order chi connectivity index (χ1) is 6.06. The number of carbonyl (C=O) groups is 2. The standard InChI is InChI=1S/C8H17N3O2/c1-3-6(2)11-7(12)4-5-10-8(9)13/h6H,3-5H2,1-2H3,(H,11,12)(H3,9,10,13). The van der Waals surface area contributed by atoms with Crippen LogP contribution in [0.1, 0.15) is 26.7 Å². The molecule has 0 radical (unpaired) electrons. The Labute approximate surface area is 78.1 Å². The second-order valence-electron chi connectivity index (χ2n) is 2.92. The fraction of sp³-hybridized carbons (Fsp3) is 0.750. The number of amides is 3. The maximum atomic E-state index is 11.1. The van der Waals surface area contributed by atoms with Crippen LogP contribution in [0, 0.1) is 0 Å². The Balaban J connectivity index is 3.46. The Morgan fingerprint density at radius 2 is 2.08 bits per heavy atom. The van der Waals surface area contributed by atoms with Crippen LogP contribution in [0.25, 0.3) is 0 Å². The third kappa shape index (κ3) is 7.11. The Morgan fingerprint density at radius 1 is 1.46 bits per heavy atom. The number of urea groups is 1. The van der Waals surface area contributed by atoms with Crippen molar-refractivity contribution in [3.05, 3.63) is 0 Å². The molecular formula is C8H17N3O2. The highest BCUT2D eigenvalue weighted by Crippen LogP contribution is 1.88. The summed E-state index contributed by atoms with van der Waals surface area (Å²) in [7, 11) is 0. The van der Waals surface area contributed by atoms with Crippen molar-refractivity contribution in [1.82, 2.24) is 10.6 Å². The lowest BCUT2D eigenvalue weighted by atomic mass is 10.2. The van der Waals surface area contributed by atoms with Gasteiger partial charge < -0.3 is 16.4 Å². The van der Waals surface area contributed by atoms with Crippen molar-refractivity contribution in [3.8, 4) is 0 Å². The van der Waals surface area contributed by atoms with Gasteiger partial charge in [0.15, 0.2) is 0 Å². The van der Waals surface area contributed by atoms with Gasteiger partial charge >= 0.3 is 6.03 Å². The van der Waals surface area contributed by atoms with Crippen molar-refractivity contribution in [3.63, 3.8) is 0 Å². The minimum atomic E-state index is -0.601. The van der Waals surface area contributed by atoms with Gasteiger partial charge in [-0.1, -0.05) is 6.92 Å². The van der Waals surface area contributed by atoms with E-state index in [1.807, 2.05) is 13.8 Å². The maximum absolute atomic E-state index is 11.1. The molecule has 0 saturated heterocycles. The van der Waals surface area contributed by atoms with Gasteiger partial charge in [-0.25, -0.2) is 4.79 Å². The summed E-state index contributed by atoms with van der Waals surface area (Å²) >= 11 is 0. The SMILES string of the molecule is CCC(C)NC(=O)CCNC(N)=O. The molecule has 0 saturated carbocycles. The van der Waals surface area contributed by atoms with E-state index in [9.17, 15) is 9.59 Å². The van der Waals surface area contributed by atoms with Crippen molar-refractivity contribution >= 4 is 11.9 Å². The Bertz CT molecular complexity index is 182. The average Bonchev–Trinajstić information content (AvgIpc) is 2.03. The largest absolute Gasteiger partial charge is 0.354 e. The second-order valence-corrected chi connectivity index (χ2v) is 2.92. The van der Waals surface area contributed by atoms with E-state index < -0.39 is 6.03 Å². The van der Waals surface area contributed by atoms with E-state index in [1.54, 1.807) is 0 Å². The highest BCUT2D eigenvalue weighted by molar-refractivity contribution is 5.77. The first-order valence-electron chi connectivity index (χ1n) is 4.39. The summed E-state index contributed by atoms with van der Waals surface area (Å²) < 4.78 is 0. The molecule has 76 valence electrons. The molecule has 0 spiro atoms. The third-order valence-electron chi connectivity index (χ3n) is 1.67.